The van der Waals surface area contributed by atoms with Gasteiger partial charge in [-0.05, 0) is 45.1 Å². The first-order valence-corrected chi connectivity index (χ1v) is 8.47. The predicted octanol–water partition coefficient (Wildman–Crippen LogP) is 4.98. The first-order valence-electron chi connectivity index (χ1n) is 8.47. The van der Waals surface area contributed by atoms with E-state index >= 15 is 0 Å². The van der Waals surface area contributed by atoms with E-state index in [0.717, 1.165) is 49.3 Å². The van der Waals surface area contributed by atoms with Crippen molar-refractivity contribution in [2.24, 2.45) is 0 Å². The molecule has 3 nitrogen and oxygen atoms in total. The van der Waals surface area contributed by atoms with Crippen molar-refractivity contribution in [1.82, 2.24) is 9.55 Å². The molecule has 0 spiro atoms. The van der Waals surface area contributed by atoms with E-state index < -0.39 is 6.10 Å². The number of allylic oxidation sites excluding steroid dienone is 1. The topological polar surface area (TPSA) is 38.1 Å². The van der Waals surface area contributed by atoms with E-state index in [9.17, 15) is 5.11 Å². The van der Waals surface area contributed by atoms with Gasteiger partial charge in [-0.1, -0.05) is 33.3 Å². The third-order valence-electron chi connectivity index (χ3n) is 4.69. The van der Waals surface area contributed by atoms with Crippen LogP contribution in [0.25, 0.3) is 0 Å². The number of aliphatic hydroxyl groups is 1. The van der Waals surface area contributed by atoms with Gasteiger partial charge in [0.15, 0.2) is 0 Å². The molecule has 0 bridgehead atoms. The van der Waals surface area contributed by atoms with Crippen LogP contribution in [0.15, 0.2) is 17.3 Å². The van der Waals surface area contributed by atoms with E-state index in [1.807, 2.05) is 6.20 Å². The van der Waals surface area contributed by atoms with Crippen molar-refractivity contribution >= 4 is 0 Å². The van der Waals surface area contributed by atoms with E-state index in [2.05, 4.69) is 51.1 Å². The molecule has 0 radical (unpaired) electrons. The Balaban J connectivity index is 3.23. The van der Waals surface area contributed by atoms with E-state index in [-0.39, 0.29) is 0 Å². The number of aromatic nitrogens is 2. The second-order valence-corrected chi connectivity index (χ2v) is 5.70. The summed E-state index contributed by atoms with van der Waals surface area (Å²) in [6.07, 6.45) is 5.52. The second-order valence-electron chi connectivity index (χ2n) is 5.70. The summed E-state index contributed by atoms with van der Waals surface area (Å²) >= 11 is 0. The Hall–Kier alpha value is -1.09. The standard InChI is InChI=1S/C18H32N2O/c1-7-14(8-2)13(6)17(21)16-12-19-18(20(16)11-5)15(9-3)10-4/h12,15,17,21H,7-11H2,1-6H3. The van der Waals surface area contributed by atoms with Gasteiger partial charge in [-0.15, -0.1) is 0 Å². The lowest BCUT2D eigenvalue weighted by atomic mass is 9.98. The molecular formula is C18H32N2O. The molecule has 0 aliphatic heterocycles. The maximum absolute atomic E-state index is 10.8. The minimum Gasteiger partial charge on any atom is -0.382 e. The third-order valence-corrected chi connectivity index (χ3v) is 4.69. The molecule has 0 aromatic carbocycles. The van der Waals surface area contributed by atoms with Crippen LogP contribution in [0.5, 0.6) is 0 Å². The van der Waals surface area contributed by atoms with Gasteiger partial charge in [0.2, 0.25) is 0 Å². The summed E-state index contributed by atoms with van der Waals surface area (Å²) in [6, 6.07) is 0. The summed E-state index contributed by atoms with van der Waals surface area (Å²) in [5.74, 6) is 1.60. The molecule has 120 valence electrons. The average Bonchev–Trinajstić information content (AvgIpc) is 2.92. The van der Waals surface area contributed by atoms with Crippen molar-refractivity contribution in [1.29, 1.82) is 0 Å². The smallest absolute Gasteiger partial charge is 0.117 e. The van der Waals surface area contributed by atoms with Crippen LogP contribution in [-0.2, 0) is 6.54 Å². The van der Waals surface area contributed by atoms with Crippen LogP contribution in [0, 0.1) is 0 Å². The largest absolute Gasteiger partial charge is 0.382 e. The average molecular weight is 292 g/mol. The van der Waals surface area contributed by atoms with Crippen molar-refractivity contribution < 1.29 is 5.11 Å². The van der Waals surface area contributed by atoms with Gasteiger partial charge in [0.25, 0.3) is 0 Å². The molecule has 0 fully saturated rings. The Morgan fingerprint density at radius 2 is 1.71 bits per heavy atom. The maximum atomic E-state index is 10.8. The monoisotopic (exact) mass is 292 g/mol. The summed E-state index contributed by atoms with van der Waals surface area (Å²) in [7, 11) is 0. The quantitative estimate of drug-likeness (QED) is 0.686. The molecule has 1 rings (SSSR count). The summed E-state index contributed by atoms with van der Waals surface area (Å²) < 4.78 is 2.20. The highest BCUT2D eigenvalue weighted by atomic mass is 16.3. The molecule has 0 aliphatic rings. The predicted molar refractivity (Wildman–Crippen MR) is 89.5 cm³/mol. The lowest BCUT2D eigenvalue weighted by molar-refractivity contribution is 0.203. The van der Waals surface area contributed by atoms with Gasteiger partial charge < -0.3 is 9.67 Å². The molecule has 0 saturated heterocycles. The fraction of sp³-hybridized carbons (Fsp3) is 0.722. The zero-order valence-electron chi connectivity index (χ0n) is 14.6. The number of hydrogen-bond donors (Lipinski definition) is 1. The molecule has 0 saturated carbocycles. The summed E-state index contributed by atoms with van der Waals surface area (Å²) in [5, 5.41) is 10.8. The lowest BCUT2D eigenvalue weighted by Gasteiger charge is -2.20. The number of nitrogens with zero attached hydrogens (tertiary/aromatic N) is 2. The normalized spacial score (nSPS) is 12.8. The van der Waals surface area contributed by atoms with Crippen LogP contribution >= 0.6 is 0 Å². The van der Waals surface area contributed by atoms with Crippen LogP contribution < -0.4 is 0 Å². The van der Waals surface area contributed by atoms with Crippen LogP contribution in [0.3, 0.4) is 0 Å². The number of aliphatic hydroxyl groups excluding tert-OH is 1. The van der Waals surface area contributed by atoms with Gasteiger partial charge in [0.05, 0.1) is 11.9 Å². The number of rotatable bonds is 8. The lowest BCUT2D eigenvalue weighted by Crippen LogP contribution is -2.13. The molecule has 21 heavy (non-hydrogen) atoms. The number of hydrogen-bond acceptors (Lipinski definition) is 2. The zero-order chi connectivity index (χ0) is 16.0. The van der Waals surface area contributed by atoms with Crippen molar-refractivity contribution in [3.05, 3.63) is 28.9 Å². The summed E-state index contributed by atoms with van der Waals surface area (Å²) in [6.45, 7) is 13.8. The van der Waals surface area contributed by atoms with Gasteiger partial charge in [0.1, 0.15) is 11.9 Å². The fourth-order valence-corrected chi connectivity index (χ4v) is 3.17. The first kappa shape index (κ1) is 18.0. The van der Waals surface area contributed by atoms with E-state index in [4.69, 9.17) is 0 Å². The Morgan fingerprint density at radius 3 is 2.14 bits per heavy atom. The second kappa shape index (κ2) is 8.38. The van der Waals surface area contributed by atoms with E-state index in [1.54, 1.807) is 0 Å². The van der Waals surface area contributed by atoms with Gasteiger partial charge in [-0.25, -0.2) is 4.98 Å². The molecule has 0 aliphatic carbocycles. The van der Waals surface area contributed by atoms with Crippen molar-refractivity contribution in [2.45, 2.75) is 85.8 Å². The van der Waals surface area contributed by atoms with Gasteiger partial charge in [0, 0.05) is 12.5 Å². The van der Waals surface area contributed by atoms with Gasteiger partial charge in [-0.2, -0.15) is 0 Å². The highest BCUT2D eigenvalue weighted by Gasteiger charge is 2.22. The summed E-state index contributed by atoms with van der Waals surface area (Å²) in [5.41, 5.74) is 3.37. The number of imidazole rings is 1. The van der Waals surface area contributed by atoms with Crippen LogP contribution in [0.1, 0.15) is 90.8 Å². The molecule has 1 aromatic heterocycles. The fourth-order valence-electron chi connectivity index (χ4n) is 3.17. The highest BCUT2D eigenvalue weighted by Crippen LogP contribution is 2.30. The van der Waals surface area contributed by atoms with Crippen molar-refractivity contribution in [2.75, 3.05) is 0 Å². The SMILES string of the molecule is CCC(CC)=C(C)C(O)c1cnc(C(CC)CC)n1CC. The minimum atomic E-state index is -0.532. The molecule has 1 heterocycles. The molecule has 1 N–H and O–H groups in total. The molecule has 1 aromatic rings. The molecular weight excluding hydrogens is 260 g/mol. The third kappa shape index (κ3) is 3.76. The molecule has 3 heteroatoms. The van der Waals surface area contributed by atoms with Gasteiger partial charge >= 0.3 is 0 Å². The minimum absolute atomic E-state index is 0.479. The van der Waals surface area contributed by atoms with Crippen molar-refractivity contribution in [3.63, 3.8) is 0 Å². The van der Waals surface area contributed by atoms with Crippen molar-refractivity contribution in [3.8, 4) is 0 Å². The van der Waals surface area contributed by atoms with E-state index in [0.29, 0.717) is 5.92 Å². The first-order chi connectivity index (χ1) is 10.0. The summed E-state index contributed by atoms with van der Waals surface area (Å²) in [4.78, 5) is 4.62. The Bertz CT molecular complexity index is 464. The molecule has 0 amide bonds. The van der Waals surface area contributed by atoms with E-state index in [1.165, 1.54) is 5.57 Å². The highest BCUT2D eigenvalue weighted by molar-refractivity contribution is 5.24. The Kier molecular flexibility index (Phi) is 7.16. The zero-order valence-corrected chi connectivity index (χ0v) is 14.6. The maximum Gasteiger partial charge on any atom is 0.117 e. The van der Waals surface area contributed by atoms with Crippen LogP contribution in [-0.4, -0.2) is 14.7 Å². The van der Waals surface area contributed by atoms with Gasteiger partial charge in [-0.3, -0.25) is 0 Å². The van der Waals surface area contributed by atoms with Crippen LogP contribution in [0.2, 0.25) is 0 Å². The Labute approximate surface area is 130 Å². The Morgan fingerprint density at radius 1 is 1.14 bits per heavy atom. The molecule has 1 unspecified atom stereocenters. The molecule has 1 atom stereocenters. The van der Waals surface area contributed by atoms with Crippen LogP contribution in [0.4, 0.5) is 0 Å².